The zero-order valence-electron chi connectivity index (χ0n) is 10.3. The van der Waals surface area contributed by atoms with Gasteiger partial charge in [0.15, 0.2) is 0 Å². The van der Waals surface area contributed by atoms with Crippen molar-refractivity contribution in [2.45, 2.75) is 24.9 Å². The van der Waals surface area contributed by atoms with Crippen molar-refractivity contribution >= 4 is 11.0 Å². The molecule has 1 aliphatic rings. The summed E-state index contributed by atoms with van der Waals surface area (Å²) < 4.78 is 42.6. The molecular formula is C14H14F3NO. The van der Waals surface area contributed by atoms with E-state index in [0.29, 0.717) is 16.9 Å². The molecule has 0 aliphatic carbocycles. The van der Waals surface area contributed by atoms with Crippen LogP contribution < -0.4 is 5.32 Å². The summed E-state index contributed by atoms with van der Waals surface area (Å²) in [5, 5.41) is 3.81. The summed E-state index contributed by atoms with van der Waals surface area (Å²) in [6, 6.07) is 6.42. The summed E-state index contributed by atoms with van der Waals surface area (Å²) in [7, 11) is 0. The lowest BCUT2D eigenvalue weighted by molar-refractivity contribution is -0.152. The fourth-order valence-corrected chi connectivity index (χ4v) is 2.61. The Morgan fingerprint density at radius 2 is 1.84 bits per heavy atom. The van der Waals surface area contributed by atoms with Gasteiger partial charge in [-0.2, -0.15) is 13.2 Å². The minimum atomic E-state index is -4.42. The van der Waals surface area contributed by atoms with Crippen molar-refractivity contribution in [2.24, 2.45) is 0 Å². The first-order chi connectivity index (χ1) is 9.04. The monoisotopic (exact) mass is 269 g/mol. The van der Waals surface area contributed by atoms with Crippen molar-refractivity contribution in [3.8, 4) is 0 Å². The highest BCUT2D eigenvalue weighted by Gasteiger charge is 2.35. The lowest BCUT2D eigenvalue weighted by atomic mass is 9.90. The Balaban J connectivity index is 1.96. The molecule has 1 aliphatic heterocycles. The van der Waals surface area contributed by atoms with Gasteiger partial charge in [-0.3, -0.25) is 0 Å². The quantitative estimate of drug-likeness (QED) is 0.848. The van der Waals surface area contributed by atoms with E-state index >= 15 is 0 Å². The van der Waals surface area contributed by atoms with Gasteiger partial charge < -0.3 is 9.73 Å². The van der Waals surface area contributed by atoms with Crippen LogP contribution in [0.4, 0.5) is 13.2 Å². The number of rotatable bonds is 1. The number of benzene rings is 1. The number of hydrogen-bond donors (Lipinski definition) is 1. The first kappa shape index (κ1) is 12.5. The molecule has 0 amide bonds. The third-order valence-electron chi connectivity index (χ3n) is 3.63. The summed E-state index contributed by atoms with van der Waals surface area (Å²) in [4.78, 5) is 0. The van der Waals surface area contributed by atoms with E-state index in [1.165, 1.54) is 0 Å². The van der Waals surface area contributed by atoms with Crippen LogP contribution in [0.15, 0.2) is 28.7 Å². The molecule has 2 aromatic rings. The molecule has 0 radical (unpaired) electrons. The highest BCUT2D eigenvalue weighted by molar-refractivity contribution is 5.79. The fraction of sp³-hybridized carbons (Fsp3) is 0.429. The van der Waals surface area contributed by atoms with Crippen molar-refractivity contribution in [3.63, 3.8) is 0 Å². The van der Waals surface area contributed by atoms with Crippen LogP contribution in [0.25, 0.3) is 11.0 Å². The van der Waals surface area contributed by atoms with Crippen LogP contribution in [-0.2, 0) is 6.18 Å². The maximum Gasteiger partial charge on any atom is 0.449 e. The Hall–Kier alpha value is -1.49. The second-order valence-corrected chi connectivity index (χ2v) is 4.93. The SMILES string of the molecule is FC(F)(F)c1cc2cc(C3CCNCC3)ccc2o1. The lowest BCUT2D eigenvalue weighted by Crippen LogP contribution is -2.26. The van der Waals surface area contributed by atoms with E-state index in [1.54, 1.807) is 6.07 Å². The summed E-state index contributed by atoms with van der Waals surface area (Å²) in [6.45, 7) is 1.92. The van der Waals surface area contributed by atoms with Gasteiger partial charge in [-0.25, -0.2) is 0 Å². The van der Waals surface area contributed by atoms with E-state index in [9.17, 15) is 13.2 Å². The van der Waals surface area contributed by atoms with Gasteiger partial charge in [0.25, 0.3) is 0 Å². The number of piperidine rings is 1. The first-order valence-corrected chi connectivity index (χ1v) is 6.35. The number of nitrogens with one attached hydrogen (secondary N) is 1. The first-order valence-electron chi connectivity index (χ1n) is 6.35. The molecule has 1 saturated heterocycles. The summed E-state index contributed by atoms with van der Waals surface area (Å²) in [5.74, 6) is -0.500. The number of alkyl halides is 3. The van der Waals surface area contributed by atoms with Crippen LogP contribution >= 0.6 is 0 Å². The van der Waals surface area contributed by atoms with E-state index in [-0.39, 0.29) is 0 Å². The van der Waals surface area contributed by atoms with Gasteiger partial charge in [-0.15, -0.1) is 0 Å². The summed E-state index contributed by atoms with van der Waals surface area (Å²) in [6.07, 6.45) is -2.38. The predicted octanol–water partition coefficient (Wildman–Crippen LogP) is 3.92. The lowest BCUT2D eigenvalue weighted by Gasteiger charge is -2.22. The van der Waals surface area contributed by atoms with Crippen LogP contribution in [-0.4, -0.2) is 13.1 Å². The predicted molar refractivity (Wildman–Crippen MR) is 66.1 cm³/mol. The van der Waals surface area contributed by atoms with Crippen LogP contribution in [0.1, 0.15) is 30.1 Å². The largest absolute Gasteiger partial charge is 0.452 e. The number of fused-ring (bicyclic) bond motifs is 1. The zero-order valence-corrected chi connectivity index (χ0v) is 10.3. The molecule has 2 heterocycles. The third-order valence-corrected chi connectivity index (χ3v) is 3.63. The van der Waals surface area contributed by atoms with Crippen molar-refractivity contribution in [1.82, 2.24) is 5.32 Å². The van der Waals surface area contributed by atoms with Crippen molar-refractivity contribution < 1.29 is 17.6 Å². The summed E-state index contributed by atoms with van der Waals surface area (Å²) >= 11 is 0. The van der Waals surface area contributed by atoms with Gasteiger partial charge in [-0.1, -0.05) is 6.07 Å². The average Bonchev–Trinajstić information content (AvgIpc) is 2.82. The smallest absolute Gasteiger partial charge is 0.449 e. The number of furan rings is 1. The third kappa shape index (κ3) is 2.47. The number of hydrogen-bond acceptors (Lipinski definition) is 2. The second kappa shape index (κ2) is 4.56. The van der Waals surface area contributed by atoms with E-state index in [0.717, 1.165) is 37.6 Å². The Bertz CT molecular complexity index is 582. The average molecular weight is 269 g/mol. The van der Waals surface area contributed by atoms with E-state index in [4.69, 9.17) is 4.42 Å². The van der Waals surface area contributed by atoms with E-state index in [2.05, 4.69) is 5.32 Å². The second-order valence-electron chi connectivity index (χ2n) is 4.93. The van der Waals surface area contributed by atoms with Crippen LogP contribution in [0, 0.1) is 0 Å². The van der Waals surface area contributed by atoms with Crippen LogP contribution in [0.3, 0.4) is 0 Å². The molecule has 1 N–H and O–H groups in total. The molecule has 102 valence electrons. The van der Waals surface area contributed by atoms with Gasteiger partial charge in [0, 0.05) is 5.39 Å². The minimum absolute atomic E-state index is 0.296. The van der Waals surface area contributed by atoms with Gasteiger partial charge in [0.2, 0.25) is 5.76 Å². The molecule has 0 bridgehead atoms. The molecule has 0 unspecified atom stereocenters. The van der Waals surface area contributed by atoms with Crippen LogP contribution in [0.2, 0.25) is 0 Å². The summed E-state index contributed by atoms with van der Waals surface area (Å²) in [5.41, 5.74) is 1.40. The standard InChI is InChI=1S/C14H14F3NO/c15-14(16,17)13-8-11-7-10(1-2-12(11)19-13)9-3-5-18-6-4-9/h1-2,7-9,18H,3-6H2. The number of halogens is 3. The van der Waals surface area contributed by atoms with Gasteiger partial charge in [0.1, 0.15) is 5.58 Å². The minimum Gasteiger partial charge on any atom is -0.452 e. The molecule has 1 fully saturated rings. The molecule has 2 nitrogen and oxygen atoms in total. The van der Waals surface area contributed by atoms with E-state index in [1.807, 2.05) is 12.1 Å². The van der Waals surface area contributed by atoms with Crippen molar-refractivity contribution in [1.29, 1.82) is 0 Å². The van der Waals surface area contributed by atoms with Crippen molar-refractivity contribution in [2.75, 3.05) is 13.1 Å². The maximum absolute atomic E-state index is 12.6. The van der Waals surface area contributed by atoms with Gasteiger partial charge in [0.05, 0.1) is 0 Å². The Morgan fingerprint density at radius 1 is 1.11 bits per heavy atom. The molecule has 1 aromatic heterocycles. The molecule has 0 saturated carbocycles. The van der Waals surface area contributed by atoms with Gasteiger partial charge in [-0.05, 0) is 55.6 Å². The molecule has 5 heteroatoms. The maximum atomic E-state index is 12.6. The molecule has 19 heavy (non-hydrogen) atoms. The molecule has 1 aromatic carbocycles. The molecule has 3 rings (SSSR count). The molecular weight excluding hydrogens is 255 g/mol. The topological polar surface area (TPSA) is 25.2 Å². The van der Waals surface area contributed by atoms with E-state index < -0.39 is 11.9 Å². The van der Waals surface area contributed by atoms with Gasteiger partial charge >= 0.3 is 6.18 Å². The Labute approximate surface area is 108 Å². The Kier molecular flexibility index (Phi) is 3.01. The Morgan fingerprint density at radius 3 is 2.53 bits per heavy atom. The zero-order chi connectivity index (χ0) is 13.5. The van der Waals surface area contributed by atoms with Crippen molar-refractivity contribution in [3.05, 3.63) is 35.6 Å². The highest BCUT2D eigenvalue weighted by atomic mass is 19.4. The highest BCUT2D eigenvalue weighted by Crippen LogP contribution is 2.35. The molecule has 0 atom stereocenters. The normalized spacial score (nSPS) is 18.1. The fourth-order valence-electron chi connectivity index (χ4n) is 2.61. The van der Waals surface area contributed by atoms with Crippen LogP contribution in [0.5, 0.6) is 0 Å². The molecule has 0 spiro atoms.